The molecule has 11 heteroatoms. The van der Waals surface area contributed by atoms with Crippen LogP contribution in [0.2, 0.25) is 0 Å². The molecule has 0 bridgehead atoms. The monoisotopic (exact) mass is 988 g/mol. The highest BCUT2D eigenvalue weighted by atomic mass is 16.5. The molecule has 0 saturated carbocycles. The first kappa shape index (κ1) is 41.1. The van der Waals surface area contributed by atoms with Crippen molar-refractivity contribution in [2.75, 3.05) is 19.6 Å². The number of hydrogen-bond acceptors (Lipinski definition) is 9. The van der Waals surface area contributed by atoms with Gasteiger partial charge in [-0.15, -0.1) is 0 Å². The summed E-state index contributed by atoms with van der Waals surface area (Å²) in [5.41, 5.74) is 18.5. The molecule has 0 unspecified atom stereocenters. The number of benzene rings is 11. The molecule has 0 amide bonds. The average molecular weight is 989 g/mol. The van der Waals surface area contributed by atoms with Crippen molar-refractivity contribution in [2.45, 2.75) is 0 Å². The van der Waals surface area contributed by atoms with Gasteiger partial charge in [-0.05, 0) is 124 Å². The molecule has 77 heavy (non-hydrogen) atoms. The van der Waals surface area contributed by atoms with E-state index in [4.69, 9.17) is 23.7 Å². The van der Waals surface area contributed by atoms with Gasteiger partial charge in [0.2, 0.25) is 0 Å². The van der Waals surface area contributed by atoms with Crippen LogP contribution < -0.4 is 76.1 Å². The predicted molar refractivity (Wildman–Crippen MR) is 308 cm³/mol. The molecule has 358 valence electrons. The van der Waals surface area contributed by atoms with Crippen molar-refractivity contribution >= 4 is 114 Å². The summed E-state index contributed by atoms with van der Waals surface area (Å²) in [7, 11) is 0. The number of rotatable bonds is 3. The largest absolute Gasteiger partial charge is 0.458 e. The first-order valence-corrected chi connectivity index (χ1v) is 26.0. The molecule has 0 saturated heterocycles. The fraction of sp³-hybridized carbons (Fsp3) is 0. The summed E-state index contributed by atoms with van der Waals surface area (Å²) < 4.78 is 34.4. The van der Waals surface area contributed by atoms with Crippen LogP contribution in [0.25, 0.3) is 0 Å². The lowest BCUT2D eigenvalue weighted by Gasteiger charge is -2.47. The van der Waals surface area contributed by atoms with Crippen LogP contribution in [-0.2, 0) is 0 Å². The number of ether oxygens (including phenoxy) is 5. The smallest absolute Gasteiger partial charge is 0.260 e. The number of fused-ring (bicyclic) bond motifs is 14. The summed E-state index contributed by atoms with van der Waals surface area (Å²) in [4.78, 5) is 9.49. The molecule has 11 aromatic carbocycles. The van der Waals surface area contributed by atoms with Crippen molar-refractivity contribution in [2.24, 2.45) is 0 Å². The quantitative estimate of drug-likeness (QED) is 0.161. The third kappa shape index (κ3) is 5.64. The van der Waals surface area contributed by atoms with Crippen LogP contribution in [0, 0.1) is 0 Å². The summed E-state index contributed by atoms with van der Waals surface area (Å²) >= 11 is 0. The van der Waals surface area contributed by atoms with Crippen molar-refractivity contribution in [3.63, 3.8) is 0 Å². The van der Waals surface area contributed by atoms with Gasteiger partial charge in [0.1, 0.15) is 23.0 Å². The zero-order valence-electron chi connectivity index (χ0n) is 40.9. The second-order valence-corrected chi connectivity index (χ2v) is 20.3. The SMILES string of the molecule is c1ccc(N2c3cc4c(cc3B3c5cccc6c5N(c5ccccc5O6)c5cc(N6c7ccccc7Oc7ccccc76)cc2c53)B2c3ccccc3Oc3cc(N5c6ccccc6Oc6ccccc65)cc(c32)O4)cc1. The van der Waals surface area contributed by atoms with Crippen molar-refractivity contribution in [3.05, 3.63) is 231 Å². The van der Waals surface area contributed by atoms with Crippen LogP contribution in [0.4, 0.5) is 68.2 Å². The Kier molecular flexibility index (Phi) is 8.11. The van der Waals surface area contributed by atoms with E-state index in [1.807, 2.05) is 66.7 Å². The molecular weight excluding hydrogens is 950 g/mol. The highest BCUT2D eigenvalue weighted by Crippen LogP contribution is 2.58. The van der Waals surface area contributed by atoms with Crippen molar-refractivity contribution in [3.8, 4) is 57.5 Å². The van der Waals surface area contributed by atoms with E-state index in [0.29, 0.717) is 0 Å². The summed E-state index contributed by atoms with van der Waals surface area (Å²) in [5, 5.41) is 0. The van der Waals surface area contributed by atoms with E-state index >= 15 is 0 Å². The molecule has 18 rings (SSSR count). The Bertz CT molecular complexity index is 4330. The molecule has 7 aliphatic heterocycles. The minimum Gasteiger partial charge on any atom is -0.458 e. The number of para-hydroxylation sites is 13. The van der Waals surface area contributed by atoms with Gasteiger partial charge in [0.15, 0.2) is 34.5 Å². The van der Waals surface area contributed by atoms with Gasteiger partial charge >= 0.3 is 0 Å². The van der Waals surface area contributed by atoms with Crippen LogP contribution in [0.15, 0.2) is 231 Å². The van der Waals surface area contributed by atoms with E-state index in [2.05, 4.69) is 183 Å². The van der Waals surface area contributed by atoms with Crippen LogP contribution in [0.3, 0.4) is 0 Å². The number of anilines is 12. The van der Waals surface area contributed by atoms with Crippen molar-refractivity contribution in [1.82, 2.24) is 0 Å². The first-order valence-electron chi connectivity index (χ1n) is 26.0. The fourth-order valence-electron chi connectivity index (χ4n) is 13.2. The van der Waals surface area contributed by atoms with E-state index in [0.717, 1.165) is 148 Å². The van der Waals surface area contributed by atoms with E-state index in [1.54, 1.807) is 0 Å². The van der Waals surface area contributed by atoms with Crippen molar-refractivity contribution in [1.29, 1.82) is 0 Å². The van der Waals surface area contributed by atoms with Gasteiger partial charge < -0.3 is 43.3 Å². The van der Waals surface area contributed by atoms with Crippen LogP contribution in [0.5, 0.6) is 57.5 Å². The Morgan fingerprint density at radius 3 is 1.23 bits per heavy atom. The molecule has 7 heterocycles. The maximum Gasteiger partial charge on any atom is 0.260 e. The molecule has 0 aromatic heterocycles. The Morgan fingerprint density at radius 2 is 0.636 bits per heavy atom. The van der Waals surface area contributed by atoms with E-state index in [-0.39, 0.29) is 13.4 Å². The van der Waals surface area contributed by atoms with Crippen molar-refractivity contribution < 1.29 is 23.7 Å². The summed E-state index contributed by atoms with van der Waals surface area (Å²) in [6.07, 6.45) is 0. The Morgan fingerprint density at radius 1 is 0.221 bits per heavy atom. The van der Waals surface area contributed by atoms with Gasteiger partial charge in [-0.25, -0.2) is 0 Å². The van der Waals surface area contributed by atoms with Crippen LogP contribution in [0.1, 0.15) is 0 Å². The topological polar surface area (TPSA) is 59.1 Å². The van der Waals surface area contributed by atoms with Gasteiger partial charge in [0.05, 0.1) is 45.5 Å². The maximum absolute atomic E-state index is 7.44. The Hall–Kier alpha value is -10.3. The van der Waals surface area contributed by atoms with E-state index in [1.165, 1.54) is 10.9 Å². The lowest BCUT2D eigenvalue weighted by Crippen LogP contribution is -2.64. The molecule has 11 aromatic rings. The minimum absolute atomic E-state index is 0.202. The molecule has 0 aliphatic carbocycles. The normalized spacial score (nSPS) is 14.3. The number of nitrogens with zero attached hydrogens (tertiary/aromatic N) is 4. The maximum atomic E-state index is 7.44. The highest BCUT2D eigenvalue weighted by Gasteiger charge is 2.49. The van der Waals surface area contributed by atoms with E-state index < -0.39 is 0 Å². The highest BCUT2D eigenvalue weighted by molar-refractivity contribution is 7.02. The van der Waals surface area contributed by atoms with E-state index in [9.17, 15) is 0 Å². The van der Waals surface area contributed by atoms with Gasteiger partial charge in [-0.3, -0.25) is 0 Å². The van der Waals surface area contributed by atoms with Gasteiger partial charge in [0.25, 0.3) is 13.4 Å². The molecule has 0 radical (unpaired) electrons. The molecule has 0 spiro atoms. The zero-order valence-corrected chi connectivity index (χ0v) is 40.9. The van der Waals surface area contributed by atoms with Gasteiger partial charge in [-0.2, -0.15) is 0 Å². The molecule has 0 N–H and O–H groups in total. The predicted octanol–water partition coefficient (Wildman–Crippen LogP) is 13.8. The number of hydrogen-bond donors (Lipinski definition) is 0. The molecule has 0 fully saturated rings. The minimum atomic E-state index is -0.210. The zero-order chi connectivity index (χ0) is 50.0. The van der Waals surface area contributed by atoms with Crippen LogP contribution in [-0.4, -0.2) is 13.4 Å². The molecule has 7 aliphatic rings. The second-order valence-electron chi connectivity index (χ2n) is 20.3. The molecule has 9 nitrogen and oxygen atoms in total. The summed E-state index contributed by atoms with van der Waals surface area (Å²) in [6, 6.07) is 80.9. The third-order valence-electron chi connectivity index (χ3n) is 16.2. The average Bonchev–Trinajstić information content (AvgIpc) is 3.64. The van der Waals surface area contributed by atoms with Gasteiger partial charge in [0, 0.05) is 46.4 Å². The first-order chi connectivity index (χ1) is 38.2. The molecule has 0 atom stereocenters. The third-order valence-corrected chi connectivity index (χ3v) is 16.2. The summed E-state index contributed by atoms with van der Waals surface area (Å²) in [6.45, 7) is -0.411. The molecular formula is C66H38B2N4O5. The fourth-order valence-corrected chi connectivity index (χ4v) is 13.2. The standard InChI is InChI=1S/C66H38B2N4O5/c1-2-17-39(18-3-1)69-51-38-61-45(67-42-19-4-10-26-54(42)73-62-35-41(36-63(77-61)65(62)67)71-48-23-7-13-29-57(48)75-58-30-14-8-24-49(58)71)37-44(51)68-43-20-16-32-60-66(43)72(50-25-9-15-31-59(50)76-60)53-34-40(33-52(69)64(53)68)70-46-21-5-11-27-55(46)74-56-28-12-6-22-47(56)70/h1-38H. The second kappa shape index (κ2) is 15.2. The Balaban J connectivity index is 0.909. The lowest BCUT2D eigenvalue weighted by molar-refractivity contribution is 0.464. The summed E-state index contributed by atoms with van der Waals surface area (Å²) in [5.74, 6) is 7.84. The van der Waals surface area contributed by atoms with Gasteiger partial charge in [-0.1, -0.05) is 115 Å². The Labute approximate surface area is 443 Å². The van der Waals surface area contributed by atoms with Crippen LogP contribution >= 0.6 is 0 Å². The lowest BCUT2D eigenvalue weighted by atomic mass is 9.31.